The molecule has 1 saturated heterocycles. The van der Waals surface area contributed by atoms with Crippen LogP contribution in [-0.4, -0.2) is 26.5 Å². The van der Waals surface area contributed by atoms with Gasteiger partial charge in [0.1, 0.15) is 0 Å². The molecule has 0 radical (unpaired) electrons. The molecule has 0 aliphatic carbocycles. The predicted molar refractivity (Wildman–Crippen MR) is 101 cm³/mol. The maximum Gasteiger partial charge on any atom is 0.243 e. The zero-order valence-electron chi connectivity index (χ0n) is 14.9. The van der Waals surface area contributed by atoms with E-state index in [1.54, 1.807) is 16.4 Å². The molecule has 3 nitrogen and oxygen atoms in total. The zero-order chi connectivity index (χ0) is 17.8. The Hall–Kier alpha value is -1.43. The molecule has 1 heterocycles. The molecule has 5 heteroatoms. The van der Waals surface area contributed by atoms with Gasteiger partial charge in [0.25, 0.3) is 0 Å². The molecule has 0 spiro atoms. The van der Waals surface area contributed by atoms with Crippen LogP contribution in [0.4, 0.5) is 0 Å². The number of rotatable bonds is 4. The standard InChI is InChI=1S/C19H25NO2SSi/c1-15-11-13-17(14-12-15)23(21,22)20-18(24(3,4)5)19(20,2)16-9-7-6-8-10-16/h6-14,18H,1-5H3/t18-,19+,20?/m1/s1. The normalized spacial score (nSPS) is 27.0. The van der Waals surface area contributed by atoms with E-state index in [1.165, 1.54) is 0 Å². The summed E-state index contributed by atoms with van der Waals surface area (Å²) in [6.07, 6.45) is 0. The lowest BCUT2D eigenvalue weighted by atomic mass is 10.0. The molecule has 1 fully saturated rings. The van der Waals surface area contributed by atoms with E-state index in [-0.39, 0.29) is 5.67 Å². The molecule has 0 saturated carbocycles. The van der Waals surface area contributed by atoms with Crippen molar-refractivity contribution in [2.75, 3.05) is 0 Å². The first-order valence-corrected chi connectivity index (χ1v) is 13.3. The Kier molecular flexibility index (Phi) is 4.02. The number of hydrogen-bond acceptors (Lipinski definition) is 2. The van der Waals surface area contributed by atoms with Crippen molar-refractivity contribution >= 4 is 18.1 Å². The molecule has 3 atom stereocenters. The summed E-state index contributed by atoms with van der Waals surface area (Å²) in [6.45, 7) is 10.8. The van der Waals surface area contributed by atoms with Gasteiger partial charge in [-0.1, -0.05) is 67.7 Å². The van der Waals surface area contributed by atoms with E-state index in [4.69, 9.17) is 0 Å². The Balaban J connectivity index is 2.10. The second-order valence-electron chi connectivity index (χ2n) is 7.90. The molecule has 3 rings (SSSR count). The first kappa shape index (κ1) is 17.4. The lowest BCUT2D eigenvalue weighted by Gasteiger charge is -2.17. The summed E-state index contributed by atoms with van der Waals surface area (Å²) in [7, 11) is -5.21. The van der Waals surface area contributed by atoms with E-state index in [0.717, 1.165) is 11.1 Å². The lowest BCUT2D eigenvalue weighted by Crippen LogP contribution is -2.34. The van der Waals surface area contributed by atoms with Gasteiger partial charge in [-0.3, -0.25) is 0 Å². The van der Waals surface area contributed by atoms with E-state index in [2.05, 4.69) is 26.6 Å². The number of aryl methyl sites for hydroxylation is 1. The molecule has 128 valence electrons. The van der Waals surface area contributed by atoms with Crippen LogP contribution in [0.3, 0.4) is 0 Å². The van der Waals surface area contributed by atoms with Gasteiger partial charge in [0, 0.05) is 5.67 Å². The summed E-state index contributed by atoms with van der Waals surface area (Å²) in [5.74, 6) is 0. The molecule has 1 unspecified atom stereocenters. The van der Waals surface area contributed by atoms with Crippen molar-refractivity contribution in [2.24, 2.45) is 0 Å². The Morgan fingerprint density at radius 3 is 2.00 bits per heavy atom. The monoisotopic (exact) mass is 359 g/mol. The van der Waals surface area contributed by atoms with Crippen molar-refractivity contribution < 1.29 is 8.42 Å². The van der Waals surface area contributed by atoms with Crippen molar-refractivity contribution in [3.8, 4) is 0 Å². The third kappa shape index (κ3) is 2.64. The highest BCUT2D eigenvalue weighted by molar-refractivity contribution is 7.89. The molecule has 2 aromatic rings. The van der Waals surface area contributed by atoms with Crippen molar-refractivity contribution in [1.29, 1.82) is 0 Å². The van der Waals surface area contributed by atoms with Gasteiger partial charge in [0.2, 0.25) is 10.0 Å². The average Bonchev–Trinajstić information content (AvgIpc) is 3.18. The summed E-state index contributed by atoms with van der Waals surface area (Å²) in [6, 6.07) is 17.2. The average molecular weight is 360 g/mol. The van der Waals surface area contributed by atoms with Crippen LogP contribution in [0.5, 0.6) is 0 Å². The molecular formula is C19H25NO2SSi. The van der Waals surface area contributed by atoms with Crippen LogP contribution >= 0.6 is 0 Å². The molecular weight excluding hydrogens is 334 g/mol. The summed E-state index contributed by atoms with van der Waals surface area (Å²) in [5.41, 5.74) is 1.76. The van der Waals surface area contributed by atoms with Gasteiger partial charge in [-0.05, 0) is 31.5 Å². The van der Waals surface area contributed by atoms with Gasteiger partial charge >= 0.3 is 0 Å². The largest absolute Gasteiger partial charge is 0.243 e. The SMILES string of the molecule is Cc1ccc(S(=O)(=O)N2[C@H]([Si](C)(C)C)[C@]2(C)c2ccccc2)cc1. The number of nitrogens with zero attached hydrogens (tertiary/aromatic N) is 1. The molecule has 2 aromatic carbocycles. The highest BCUT2D eigenvalue weighted by Gasteiger charge is 2.70. The van der Waals surface area contributed by atoms with E-state index in [1.807, 2.05) is 49.4 Å². The second-order valence-corrected chi connectivity index (χ2v) is 15.0. The van der Waals surface area contributed by atoms with Crippen LogP contribution in [0, 0.1) is 6.92 Å². The van der Waals surface area contributed by atoms with Crippen LogP contribution in [0.2, 0.25) is 19.6 Å². The summed E-state index contributed by atoms with van der Waals surface area (Å²) in [4.78, 5) is 0.385. The van der Waals surface area contributed by atoms with Crippen molar-refractivity contribution in [3.05, 3.63) is 65.7 Å². The quantitative estimate of drug-likeness (QED) is 0.607. The predicted octanol–water partition coefficient (Wildman–Crippen LogP) is 4.16. The summed E-state index contributed by atoms with van der Waals surface area (Å²) < 4.78 is 28.3. The second kappa shape index (κ2) is 5.54. The summed E-state index contributed by atoms with van der Waals surface area (Å²) in [5, 5.41) is 0. The van der Waals surface area contributed by atoms with Crippen LogP contribution in [0.15, 0.2) is 59.5 Å². The van der Waals surface area contributed by atoms with Gasteiger partial charge in [-0.15, -0.1) is 0 Å². The fourth-order valence-corrected chi connectivity index (χ4v) is 10.0. The van der Waals surface area contributed by atoms with Gasteiger partial charge in [-0.25, -0.2) is 8.42 Å². The number of benzene rings is 2. The Bertz CT molecular complexity index is 841. The maximum absolute atomic E-state index is 13.3. The Morgan fingerprint density at radius 2 is 1.50 bits per heavy atom. The topological polar surface area (TPSA) is 37.1 Å². The fraction of sp³-hybridized carbons (Fsp3) is 0.368. The smallest absolute Gasteiger partial charge is 0.207 e. The number of hydrogen-bond donors (Lipinski definition) is 0. The van der Waals surface area contributed by atoms with Crippen LogP contribution in [0.25, 0.3) is 0 Å². The number of sulfonamides is 1. The zero-order valence-corrected chi connectivity index (χ0v) is 16.8. The van der Waals surface area contributed by atoms with E-state index in [9.17, 15) is 8.42 Å². The third-order valence-electron chi connectivity index (χ3n) is 4.91. The van der Waals surface area contributed by atoms with Gasteiger partial charge in [0.15, 0.2) is 0 Å². The highest BCUT2D eigenvalue weighted by Crippen LogP contribution is 2.56. The minimum atomic E-state index is -3.50. The van der Waals surface area contributed by atoms with E-state index in [0.29, 0.717) is 4.90 Å². The van der Waals surface area contributed by atoms with Gasteiger partial charge in [-0.2, -0.15) is 4.31 Å². The molecule has 1 aliphatic heterocycles. The minimum Gasteiger partial charge on any atom is -0.207 e. The molecule has 0 N–H and O–H groups in total. The molecule has 0 bridgehead atoms. The van der Waals surface area contributed by atoms with Crippen LogP contribution in [-0.2, 0) is 15.6 Å². The Labute approximate surface area is 146 Å². The molecule has 0 amide bonds. The van der Waals surface area contributed by atoms with E-state index < -0.39 is 23.6 Å². The molecule has 24 heavy (non-hydrogen) atoms. The van der Waals surface area contributed by atoms with E-state index >= 15 is 0 Å². The lowest BCUT2D eigenvalue weighted by molar-refractivity contribution is 0.523. The first-order valence-electron chi connectivity index (χ1n) is 8.26. The van der Waals surface area contributed by atoms with Gasteiger partial charge < -0.3 is 0 Å². The Morgan fingerprint density at radius 1 is 0.958 bits per heavy atom. The molecule has 1 aliphatic rings. The van der Waals surface area contributed by atoms with Crippen molar-refractivity contribution in [3.63, 3.8) is 0 Å². The van der Waals surface area contributed by atoms with Crippen LogP contribution < -0.4 is 0 Å². The third-order valence-corrected chi connectivity index (χ3v) is 9.54. The fourth-order valence-electron chi connectivity index (χ4n) is 3.83. The first-order chi connectivity index (χ1) is 11.1. The minimum absolute atomic E-state index is 0.0682. The molecule has 0 aromatic heterocycles. The summed E-state index contributed by atoms with van der Waals surface area (Å²) >= 11 is 0. The van der Waals surface area contributed by atoms with Gasteiger partial charge in [0.05, 0.1) is 18.5 Å². The van der Waals surface area contributed by atoms with Crippen molar-refractivity contribution in [1.82, 2.24) is 4.31 Å². The maximum atomic E-state index is 13.3. The highest BCUT2D eigenvalue weighted by atomic mass is 32.2. The van der Waals surface area contributed by atoms with Crippen LogP contribution in [0.1, 0.15) is 18.1 Å². The van der Waals surface area contributed by atoms with Crippen molar-refractivity contribution in [2.45, 2.75) is 49.6 Å².